The zero-order valence-corrected chi connectivity index (χ0v) is 13.7. The van der Waals surface area contributed by atoms with Gasteiger partial charge in [-0.2, -0.15) is 0 Å². The van der Waals surface area contributed by atoms with Crippen molar-refractivity contribution in [3.05, 3.63) is 34.9 Å². The number of halogens is 1. The molecular formula is C17H22ClNO3. The minimum Gasteiger partial charge on any atom is -0.481 e. The van der Waals surface area contributed by atoms with Gasteiger partial charge in [0.25, 0.3) is 0 Å². The van der Waals surface area contributed by atoms with Gasteiger partial charge in [0.1, 0.15) is 0 Å². The summed E-state index contributed by atoms with van der Waals surface area (Å²) in [5.74, 6) is -1.07. The molecule has 1 aliphatic rings. The van der Waals surface area contributed by atoms with E-state index < -0.39 is 16.9 Å². The zero-order chi connectivity index (χ0) is 16.4. The first-order valence-electron chi connectivity index (χ1n) is 7.52. The van der Waals surface area contributed by atoms with Gasteiger partial charge in [0.2, 0.25) is 5.91 Å². The highest BCUT2D eigenvalue weighted by molar-refractivity contribution is 6.31. The number of carbonyl (C=O) groups is 2. The summed E-state index contributed by atoms with van der Waals surface area (Å²) in [4.78, 5) is 23.6. The number of amides is 1. The number of carbonyl (C=O) groups excluding carboxylic acids is 1. The van der Waals surface area contributed by atoms with E-state index in [1.807, 2.05) is 38.1 Å². The maximum absolute atomic E-state index is 12.2. The number of nitrogens with one attached hydrogen (secondary N) is 1. The average molecular weight is 324 g/mol. The maximum atomic E-state index is 12.2. The molecule has 0 bridgehead atoms. The van der Waals surface area contributed by atoms with Crippen molar-refractivity contribution in [2.24, 2.45) is 5.41 Å². The molecule has 1 amide bonds. The number of rotatable bonds is 6. The third-order valence-corrected chi connectivity index (χ3v) is 4.70. The summed E-state index contributed by atoms with van der Waals surface area (Å²) >= 11 is 6.16. The summed E-state index contributed by atoms with van der Waals surface area (Å²) in [6.07, 6.45) is 2.69. The second kappa shape index (κ2) is 6.29. The van der Waals surface area contributed by atoms with Crippen molar-refractivity contribution in [2.75, 3.05) is 0 Å². The first kappa shape index (κ1) is 16.8. The predicted octanol–water partition coefficient (Wildman–Crippen LogP) is 3.42. The normalized spacial score (nSPS) is 16.7. The van der Waals surface area contributed by atoms with Crippen molar-refractivity contribution in [2.45, 2.75) is 51.5 Å². The molecular weight excluding hydrogens is 302 g/mol. The lowest BCUT2D eigenvalue weighted by atomic mass is 9.66. The molecule has 2 N–H and O–H groups in total. The van der Waals surface area contributed by atoms with Crippen LogP contribution < -0.4 is 5.32 Å². The number of benzene rings is 1. The molecule has 0 atom stereocenters. The highest BCUT2D eigenvalue weighted by atomic mass is 35.5. The highest BCUT2D eigenvalue weighted by Crippen LogP contribution is 2.44. The lowest BCUT2D eigenvalue weighted by molar-refractivity contribution is -0.157. The summed E-state index contributed by atoms with van der Waals surface area (Å²) in [5.41, 5.74) is -0.373. The molecule has 0 aromatic heterocycles. The van der Waals surface area contributed by atoms with E-state index >= 15 is 0 Å². The van der Waals surface area contributed by atoms with Crippen LogP contribution in [0.15, 0.2) is 24.3 Å². The van der Waals surface area contributed by atoms with Crippen molar-refractivity contribution in [1.29, 1.82) is 0 Å². The van der Waals surface area contributed by atoms with Gasteiger partial charge >= 0.3 is 5.97 Å². The van der Waals surface area contributed by atoms with Gasteiger partial charge in [-0.1, -0.05) is 36.2 Å². The largest absolute Gasteiger partial charge is 0.481 e. The van der Waals surface area contributed by atoms with Crippen LogP contribution in [0.1, 0.15) is 45.1 Å². The number of carboxylic acids is 1. The molecule has 22 heavy (non-hydrogen) atoms. The van der Waals surface area contributed by atoms with E-state index in [9.17, 15) is 14.7 Å². The van der Waals surface area contributed by atoms with Gasteiger partial charge in [0.15, 0.2) is 0 Å². The van der Waals surface area contributed by atoms with E-state index in [1.165, 1.54) is 0 Å². The fourth-order valence-electron chi connectivity index (χ4n) is 2.96. The van der Waals surface area contributed by atoms with Crippen molar-refractivity contribution >= 4 is 23.5 Å². The third-order valence-electron chi connectivity index (χ3n) is 4.33. The van der Waals surface area contributed by atoms with Crippen LogP contribution in [0.3, 0.4) is 0 Å². The molecule has 0 aliphatic heterocycles. The van der Waals surface area contributed by atoms with Crippen molar-refractivity contribution in [1.82, 2.24) is 5.32 Å². The van der Waals surface area contributed by atoms with E-state index in [0.29, 0.717) is 24.3 Å². The lowest BCUT2D eigenvalue weighted by Crippen LogP contribution is -2.49. The van der Waals surface area contributed by atoms with E-state index in [2.05, 4.69) is 5.32 Å². The van der Waals surface area contributed by atoms with Gasteiger partial charge in [0.05, 0.1) is 5.41 Å². The Morgan fingerprint density at radius 3 is 2.45 bits per heavy atom. The topological polar surface area (TPSA) is 66.4 Å². The molecule has 1 saturated carbocycles. The van der Waals surface area contributed by atoms with Crippen LogP contribution in [0, 0.1) is 5.41 Å². The van der Waals surface area contributed by atoms with Crippen molar-refractivity contribution < 1.29 is 14.7 Å². The molecule has 5 heteroatoms. The Hall–Kier alpha value is -1.55. The van der Waals surface area contributed by atoms with Crippen molar-refractivity contribution in [3.8, 4) is 0 Å². The quantitative estimate of drug-likeness (QED) is 0.843. The summed E-state index contributed by atoms with van der Waals surface area (Å²) in [6, 6.07) is 7.53. The van der Waals surface area contributed by atoms with Crippen molar-refractivity contribution in [3.63, 3.8) is 0 Å². The molecule has 0 heterocycles. The number of aliphatic carboxylic acids is 1. The van der Waals surface area contributed by atoms with Gasteiger partial charge in [-0.15, -0.1) is 0 Å². The van der Waals surface area contributed by atoms with Crippen LogP contribution in [0.5, 0.6) is 0 Å². The minimum absolute atomic E-state index is 0.0499. The number of hydrogen-bond donors (Lipinski definition) is 2. The third kappa shape index (κ3) is 3.80. The van der Waals surface area contributed by atoms with Crippen LogP contribution in [-0.4, -0.2) is 22.5 Å². The standard InChI is InChI=1S/C17H22ClNO3/c1-16(2,10-12-6-3-4-7-13(12)18)19-14(20)11-17(15(21)22)8-5-9-17/h3-4,6-7H,5,8-11H2,1-2H3,(H,19,20)(H,21,22). The van der Waals surface area contributed by atoms with Gasteiger partial charge in [-0.05, 0) is 44.7 Å². The molecule has 120 valence electrons. The van der Waals surface area contributed by atoms with Crippen LogP contribution in [-0.2, 0) is 16.0 Å². The first-order valence-corrected chi connectivity index (χ1v) is 7.90. The number of carboxylic acid groups (broad SMARTS) is 1. The van der Waals surface area contributed by atoms with E-state index in [4.69, 9.17) is 11.6 Å². The SMILES string of the molecule is CC(C)(Cc1ccccc1Cl)NC(=O)CC1(C(=O)O)CCC1. The Morgan fingerprint density at radius 1 is 1.32 bits per heavy atom. The summed E-state index contributed by atoms with van der Waals surface area (Å²) < 4.78 is 0. The molecule has 1 aromatic rings. The first-order chi connectivity index (χ1) is 10.2. The Balaban J connectivity index is 1.98. The van der Waals surface area contributed by atoms with Gasteiger partial charge in [-0.3, -0.25) is 9.59 Å². The van der Waals surface area contributed by atoms with Gasteiger partial charge in [-0.25, -0.2) is 0 Å². The Morgan fingerprint density at radius 2 is 1.95 bits per heavy atom. The van der Waals surface area contributed by atoms with E-state index in [1.54, 1.807) is 0 Å². The fraction of sp³-hybridized carbons (Fsp3) is 0.529. The van der Waals surface area contributed by atoms with Crippen LogP contribution in [0.25, 0.3) is 0 Å². The highest BCUT2D eigenvalue weighted by Gasteiger charge is 2.46. The zero-order valence-electron chi connectivity index (χ0n) is 13.0. The van der Waals surface area contributed by atoms with E-state index in [-0.39, 0.29) is 12.3 Å². The molecule has 1 aromatic carbocycles. The fourth-order valence-corrected chi connectivity index (χ4v) is 3.16. The smallest absolute Gasteiger partial charge is 0.310 e. The molecule has 2 rings (SSSR count). The Kier molecular flexibility index (Phi) is 4.81. The average Bonchev–Trinajstić information content (AvgIpc) is 2.35. The second-order valence-corrected chi connectivity index (χ2v) is 7.22. The van der Waals surface area contributed by atoms with Crippen LogP contribution in [0.2, 0.25) is 5.02 Å². The molecule has 4 nitrogen and oxygen atoms in total. The van der Waals surface area contributed by atoms with Gasteiger partial charge in [0, 0.05) is 17.0 Å². The van der Waals surface area contributed by atoms with Gasteiger partial charge < -0.3 is 10.4 Å². The molecule has 0 spiro atoms. The molecule has 0 saturated heterocycles. The summed E-state index contributed by atoms with van der Waals surface area (Å²) in [6.45, 7) is 3.84. The Bertz CT molecular complexity index is 579. The predicted molar refractivity (Wildman–Crippen MR) is 85.9 cm³/mol. The Labute approximate surface area is 135 Å². The van der Waals surface area contributed by atoms with Crippen LogP contribution in [0.4, 0.5) is 0 Å². The second-order valence-electron chi connectivity index (χ2n) is 6.82. The van der Waals surface area contributed by atoms with E-state index in [0.717, 1.165) is 12.0 Å². The number of hydrogen-bond acceptors (Lipinski definition) is 2. The monoisotopic (exact) mass is 323 g/mol. The van der Waals surface area contributed by atoms with Crippen LogP contribution >= 0.6 is 11.6 Å². The minimum atomic E-state index is -0.863. The molecule has 0 radical (unpaired) electrons. The maximum Gasteiger partial charge on any atom is 0.310 e. The molecule has 1 fully saturated rings. The molecule has 1 aliphatic carbocycles. The lowest BCUT2D eigenvalue weighted by Gasteiger charge is -2.38. The summed E-state index contributed by atoms with van der Waals surface area (Å²) in [7, 11) is 0. The summed E-state index contributed by atoms with van der Waals surface area (Å²) in [5, 5.41) is 12.9. The molecule has 0 unspecified atom stereocenters.